The van der Waals surface area contributed by atoms with Crippen LogP contribution in [0.1, 0.15) is 5.56 Å². The fraction of sp³-hybridized carbons (Fsp3) is 0.286. The van der Waals surface area contributed by atoms with E-state index in [9.17, 15) is 5.11 Å². The molecule has 1 aromatic heterocycles. The monoisotopic (exact) mass is 138 g/mol. The van der Waals surface area contributed by atoms with Crippen LogP contribution in [0.15, 0.2) is 18.3 Å². The van der Waals surface area contributed by atoms with Gasteiger partial charge in [0.15, 0.2) is 0 Å². The normalized spacial score (nSPS) is 9.40. The molecule has 1 heterocycles. The summed E-state index contributed by atoms with van der Waals surface area (Å²) in [6.45, 7) is -0.281. The van der Waals surface area contributed by atoms with Crippen molar-refractivity contribution in [3.8, 4) is 5.88 Å². The maximum absolute atomic E-state index is 10.4. The Morgan fingerprint density at radius 3 is 3.00 bits per heavy atom. The van der Waals surface area contributed by atoms with Crippen molar-refractivity contribution in [2.45, 2.75) is 6.61 Å². The summed E-state index contributed by atoms with van der Waals surface area (Å²) in [5, 5.41) is 10.4. The molecule has 0 spiro atoms. The van der Waals surface area contributed by atoms with Crippen LogP contribution in [-0.2, 0) is 11.7 Å². The molecule has 0 fully saturated rings. The van der Waals surface area contributed by atoms with Crippen LogP contribution >= 0.6 is 0 Å². The molecular formula is C7H8NO2. The van der Waals surface area contributed by atoms with Crippen molar-refractivity contribution in [2.75, 3.05) is 7.11 Å². The Morgan fingerprint density at radius 1 is 1.70 bits per heavy atom. The van der Waals surface area contributed by atoms with Gasteiger partial charge in [-0.25, -0.2) is 10.1 Å². The second-order valence-corrected chi connectivity index (χ2v) is 1.82. The van der Waals surface area contributed by atoms with Crippen LogP contribution in [0, 0.1) is 0 Å². The number of pyridine rings is 1. The van der Waals surface area contributed by atoms with Crippen LogP contribution in [0.3, 0.4) is 0 Å². The first kappa shape index (κ1) is 7.02. The smallest absolute Gasteiger partial charge is 0.218 e. The maximum atomic E-state index is 10.4. The first-order valence-electron chi connectivity index (χ1n) is 2.94. The van der Waals surface area contributed by atoms with Crippen molar-refractivity contribution in [1.82, 2.24) is 4.98 Å². The minimum absolute atomic E-state index is 0.281. The Labute approximate surface area is 59.3 Å². The van der Waals surface area contributed by atoms with E-state index in [1.807, 2.05) is 0 Å². The standard InChI is InChI=1S/C7H8NO2/c1-10-7-6(5-9)3-2-4-8-7/h2-4H,5H2,1H3. The average molecular weight is 138 g/mol. The molecule has 1 radical (unpaired) electrons. The quantitative estimate of drug-likeness (QED) is 0.612. The Balaban J connectivity index is 2.96. The summed E-state index contributed by atoms with van der Waals surface area (Å²) in [4.78, 5) is 3.85. The largest absolute Gasteiger partial charge is 0.481 e. The molecule has 0 amide bonds. The third kappa shape index (κ3) is 1.25. The van der Waals surface area contributed by atoms with Crippen molar-refractivity contribution >= 4 is 0 Å². The average Bonchev–Trinajstić information content (AvgIpc) is 2.04. The summed E-state index contributed by atoms with van der Waals surface area (Å²) in [6.07, 6.45) is 1.60. The summed E-state index contributed by atoms with van der Waals surface area (Å²) >= 11 is 0. The molecule has 3 nitrogen and oxygen atoms in total. The van der Waals surface area contributed by atoms with Gasteiger partial charge in [-0.15, -0.1) is 0 Å². The maximum Gasteiger partial charge on any atom is 0.218 e. The molecule has 0 unspecified atom stereocenters. The van der Waals surface area contributed by atoms with Crippen molar-refractivity contribution < 1.29 is 9.84 Å². The fourth-order valence-corrected chi connectivity index (χ4v) is 0.718. The van der Waals surface area contributed by atoms with Gasteiger partial charge in [0, 0.05) is 11.8 Å². The summed E-state index contributed by atoms with van der Waals surface area (Å²) in [5.41, 5.74) is 0.602. The topological polar surface area (TPSA) is 42.0 Å². The Morgan fingerprint density at radius 2 is 2.50 bits per heavy atom. The number of ether oxygens (including phenoxy) is 1. The molecule has 53 valence electrons. The van der Waals surface area contributed by atoms with E-state index in [0.717, 1.165) is 0 Å². The van der Waals surface area contributed by atoms with E-state index < -0.39 is 0 Å². The molecule has 3 heteroatoms. The predicted molar refractivity (Wildman–Crippen MR) is 35.2 cm³/mol. The Kier molecular flexibility index (Phi) is 2.23. The number of methoxy groups -OCH3 is 1. The first-order chi connectivity index (χ1) is 4.88. The zero-order valence-electron chi connectivity index (χ0n) is 5.70. The highest BCUT2D eigenvalue weighted by atomic mass is 16.5. The van der Waals surface area contributed by atoms with E-state index in [1.54, 1.807) is 18.3 Å². The van der Waals surface area contributed by atoms with E-state index in [4.69, 9.17) is 4.74 Å². The zero-order valence-corrected chi connectivity index (χ0v) is 5.70. The van der Waals surface area contributed by atoms with Crippen LogP contribution in [0.5, 0.6) is 5.88 Å². The van der Waals surface area contributed by atoms with Gasteiger partial charge in [0.05, 0.1) is 7.11 Å². The van der Waals surface area contributed by atoms with Gasteiger partial charge in [-0.1, -0.05) is 0 Å². The second-order valence-electron chi connectivity index (χ2n) is 1.82. The van der Waals surface area contributed by atoms with Crippen LogP contribution < -0.4 is 4.74 Å². The molecule has 0 atom stereocenters. The van der Waals surface area contributed by atoms with Crippen molar-refractivity contribution in [3.63, 3.8) is 0 Å². The van der Waals surface area contributed by atoms with Gasteiger partial charge in [-0.3, -0.25) is 0 Å². The van der Waals surface area contributed by atoms with Gasteiger partial charge >= 0.3 is 0 Å². The summed E-state index contributed by atoms with van der Waals surface area (Å²) in [7, 11) is 1.50. The lowest BCUT2D eigenvalue weighted by atomic mass is 10.3. The molecule has 1 aromatic rings. The molecule has 0 N–H and O–H groups in total. The van der Waals surface area contributed by atoms with E-state index in [2.05, 4.69) is 4.98 Å². The van der Waals surface area contributed by atoms with Crippen molar-refractivity contribution in [1.29, 1.82) is 0 Å². The van der Waals surface area contributed by atoms with Gasteiger partial charge in [0.25, 0.3) is 0 Å². The third-order valence-electron chi connectivity index (χ3n) is 1.20. The van der Waals surface area contributed by atoms with E-state index >= 15 is 0 Å². The van der Waals surface area contributed by atoms with Gasteiger partial charge in [-0.05, 0) is 12.1 Å². The SMILES string of the molecule is COc1ncccc1C[O]. The third-order valence-corrected chi connectivity index (χ3v) is 1.20. The van der Waals surface area contributed by atoms with Gasteiger partial charge in [0.2, 0.25) is 5.88 Å². The van der Waals surface area contributed by atoms with Crippen LogP contribution in [0.2, 0.25) is 0 Å². The number of hydrogen-bond donors (Lipinski definition) is 0. The van der Waals surface area contributed by atoms with Crippen LogP contribution in [0.25, 0.3) is 0 Å². The first-order valence-corrected chi connectivity index (χ1v) is 2.94. The molecule has 10 heavy (non-hydrogen) atoms. The lowest BCUT2D eigenvalue weighted by Crippen LogP contribution is -1.92. The number of aromatic nitrogens is 1. The highest BCUT2D eigenvalue weighted by Crippen LogP contribution is 2.12. The highest BCUT2D eigenvalue weighted by molar-refractivity contribution is 5.23. The number of hydrogen-bond acceptors (Lipinski definition) is 2. The van der Waals surface area contributed by atoms with Crippen molar-refractivity contribution in [3.05, 3.63) is 23.9 Å². The molecule has 0 bridgehead atoms. The highest BCUT2D eigenvalue weighted by Gasteiger charge is 1.99. The number of rotatable bonds is 2. The van der Waals surface area contributed by atoms with Crippen molar-refractivity contribution in [2.24, 2.45) is 0 Å². The van der Waals surface area contributed by atoms with Gasteiger partial charge < -0.3 is 4.74 Å². The Hall–Kier alpha value is -1.09. The zero-order chi connectivity index (χ0) is 7.40. The predicted octanol–water partition coefficient (Wildman–Crippen LogP) is 1.02. The van der Waals surface area contributed by atoms with Gasteiger partial charge in [0.1, 0.15) is 6.61 Å². The summed E-state index contributed by atoms with van der Waals surface area (Å²) in [6, 6.07) is 3.43. The molecular weight excluding hydrogens is 130 g/mol. The summed E-state index contributed by atoms with van der Waals surface area (Å²) in [5.74, 6) is 0.428. The molecule has 0 aliphatic heterocycles. The van der Waals surface area contributed by atoms with E-state index in [1.165, 1.54) is 7.11 Å². The molecule has 0 aromatic carbocycles. The van der Waals surface area contributed by atoms with Crippen LogP contribution in [0.4, 0.5) is 0 Å². The van der Waals surface area contributed by atoms with E-state index in [0.29, 0.717) is 11.4 Å². The molecule has 1 rings (SSSR count). The molecule has 0 aliphatic rings. The molecule has 0 saturated heterocycles. The lowest BCUT2D eigenvalue weighted by Gasteiger charge is -2.00. The molecule has 0 aliphatic carbocycles. The minimum atomic E-state index is -0.281. The lowest BCUT2D eigenvalue weighted by molar-refractivity contribution is 0.173. The van der Waals surface area contributed by atoms with Gasteiger partial charge in [-0.2, -0.15) is 0 Å². The minimum Gasteiger partial charge on any atom is -0.481 e. The second kappa shape index (κ2) is 3.17. The van der Waals surface area contributed by atoms with Crippen LogP contribution in [-0.4, -0.2) is 12.1 Å². The summed E-state index contributed by atoms with van der Waals surface area (Å²) < 4.78 is 4.83. The fourth-order valence-electron chi connectivity index (χ4n) is 0.718. The van der Waals surface area contributed by atoms with E-state index in [-0.39, 0.29) is 6.61 Å². The Bertz CT molecular complexity index is 190. The molecule has 0 saturated carbocycles. The number of nitrogens with zero attached hydrogens (tertiary/aromatic N) is 1.